The van der Waals surface area contributed by atoms with Gasteiger partial charge in [0.15, 0.2) is 5.69 Å². The van der Waals surface area contributed by atoms with Crippen LogP contribution in [0, 0.1) is 10.1 Å². The predicted molar refractivity (Wildman–Crippen MR) is 83.3 cm³/mol. The Morgan fingerprint density at radius 3 is 3.00 bits per heavy atom. The third kappa shape index (κ3) is 2.93. The van der Waals surface area contributed by atoms with Crippen molar-refractivity contribution in [1.29, 1.82) is 0 Å². The molecule has 0 aliphatic carbocycles. The predicted octanol–water partition coefficient (Wildman–Crippen LogP) is 1.34. The van der Waals surface area contributed by atoms with Crippen molar-refractivity contribution >= 4 is 11.6 Å². The molecule has 1 amide bonds. The van der Waals surface area contributed by atoms with E-state index in [1.165, 1.54) is 16.8 Å². The summed E-state index contributed by atoms with van der Waals surface area (Å²) in [4.78, 5) is 24.7. The number of aromatic nitrogens is 2. The second-order valence-corrected chi connectivity index (χ2v) is 5.45. The minimum Gasteiger partial charge on any atom is -0.333 e. The van der Waals surface area contributed by atoms with Gasteiger partial charge in [0.2, 0.25) is 0 Å². The molecule has 1 saturated heterocycles. The highest BCUT2D eigenvalue weighted by atomic mass is 16.6. The number of nitro groups is 1. The van der Waals surface area contributed by atoms with E-state index in [1.54, 1.807) is 29.3 Å². The second kappa shape index (κ2) is 6.17. The maximum atomic E-state index is 12.5. The van der Waals surface area contributed by atoms with Crippen molar-refractivity contribution in [1.82, 2.24) is 14.7 Å². The van der Waals surface area contributed by atoms with Crippen molar-refractivity contribution < 1.29 is 9.72 Å². The quantitative estimate of drug-likeness (QED) is 0.676. The summed E-state index contributed by atoms with van der Waals surface area (Å²) in [6.45, 7) is 1.13. The SMILES string of the molecule is NCC1CCCN1C(=O)c1ccn(-c2cccc([N+](=O)[O-])c2)n1. The van der Waals surface area contributed by atoms with E-state index in [0.29, 0.717) is 24.5 Å². The maximum Gasteiger partial charge on any atom is 0.274 e. The number of carbonyl (C=O) groups is 1. The zero-order chi connectivity index (χ0) is 16.4. The van der Waals surface area contributed by atoms with E-state index < -0.39 is 4.92 Å². The van der Waals surface area contributed by atoms with E-state index in [2.05, 4.69) is 5.10 Å². The third-order valence-electron chi connectivity index (χ3n) is 4.02. The van der Waals surface area contributed by atoms with Gasteiger partial charge in [0.05, 0.1) is 10.6 Å². The van der Waals surface area contributed by atoms with Crippen LogP contribution >= 0.6 is 0 Å². The Morgan fingerprint density at radius 2 is 2.26 bits per heavy atom. The molecular formula is C15H17N5O3. The number of hydrogen-bond acceptors (Lipinski definition) is 5. The van der Waals surface area contributed by atoms with Gasteiger partial charge in [-0.25, -0.2) is 4.68 Å². The van der Waals surface area contributed by atoms with Gasteiger partial charge in [-0.2, -0.15) is 5.10 Å². The maximum absolute atomic E-state index is 12.5. The Balaban J connectivity index is 1.84. The lowest BCUT2D eigenvalue weighted by Gasteiger charge is -2.22. The molecule has 120 valence electrons. The molecule has 2 N–H and O–H groups in total. The molecule has 8 nitrogen and oxygen atoms in total. The number of nitrogens with zero attached hydrogens (tertiary/aromatic N) is 4. The van der Waals surface area contributed by atoms with E-state index in [9.17, 15) is 14.9 Å². The monoisotopic (exact) mass is 315 g/mol. The van der Waals surface area contributed by atoms with Gasteiger partial charge >= 0.3 is 0 Å². The smallest absolute Gasteiger partial charge is 0.274 e. The van der Waals surface area contributed by atoms with Gasteiger partial charge in [0, 0.05) is 37.5 Å². The van der Waals surface area contributed by atoms with E-state index in [0.717, 1.165) is 12.8 Å². The van der Waals surface area contributed by atoms with Crippen LogP contribution < -0.4 is 5.73 Å². The topological polar surface area (TPSA) is 107 Å². The minimum absolute atomic E-state index is 0.0198. The summed E-state index contributed by atoms with van der Waals surface area (Å²) in [7, 11) is 0. The number of amides is 1. The molecule has 2 heterocycles. The molecule has 0 spiro atoms. The summed E-state index contributed by atoms with van der Waals surface area (Å²) in [6, 6.07) is 7.79. The summed E-state index contributed by atoms with van der Waals surface area (Å²) in [5, 5.41) is 15.1. The highest BCUT2D eigenvalue weighted by molar-refractivity contribution is 5.92. The molecule has 1 aliphatic heterocycles. The average molecular weight is 315 g/mol. The van der Waals surface area contributed by atoms with Gasteiger partial charge in [-0.15, -0.1) is 0 Å². The molecule has 1 fully saturated rings. The molecule has 23 heavy (non-hydrogen) atoms. The van der Waals surface area contributed by atoms with Crippen LogP contribution in [0.5, 0.6) is 0 Å². The molecule has 1 aromatic heterocycles. The van der Waals surface area contributed by atoms with Gasteiger partial charge in [0.25, 0.3) is 11.6 Å². The summed E-state index contributed by atoms with van der Waals surface area (Å²) in [5.74, 6) is -0.151. The van der Waals surface area contributed by atoms with Crippen LogP contribution in [0.15, 0.2) is 36.5 Å². The largest absolute Gasteiger partial charge is 0.333 e. The second-order valence-electron chi connectivity index (χ2n) is 5.45. The fourth-order valence-electron chi connectivity index (χ4n) is 2.83. The van der Waals surface area contributed by atoms with Crippen molar-refractivity contribution in [2.75, 3.05) is 13.1 Å². The van der Waals surface area contributed by atoms with Gasteiger partial charge in [0.1, 0.15) is 0 Å². The number of carbonyl (C=O) groups excluding carboxylic acids is 1. The zero-order valence-corrected chi connectivity index (χ0v) is 12.5. The van der Waals surface area contributed by atoms with Crippen LogP contribution in [0.25, 0.3) is 5.69 Å². The first-order valence-electron chi connectivity index (χ1n) is 7.41. The standard InChI is InChI=1S/C15H17N5O3/c16-10-13-5-2-7-18(13)15(21)14-6-8-19(17-14)11-3-1-4-12(9-11)20(22)23/h1,3-4,6,8-9,13H,2,5,7,10,16H2. The molecule has 0 bridgehead atoms. The number of rotatable bonds is 4. The minimum atomic E-state index is -0.463. The number of non-ortho nitro benzene ring substituents is 1. The Kier molecular flexibility index (Phi) is 4.07. The van der Waals surface area contributed by atoms with Crippen molar-refractivity contribution in [3.05, 3.63) is 52.3 Å². The molecule has 0 saturated carbocycles. The Labute approximate surface area is 132 Å². The first-order valence-corrected chi connectivity index (χ1v) is 7.41. The van der Waals surface area contributed by atoms with Crippen LogP contribution in [0.2, 0.25) is 0 Å². The number of likely N-dealkylation sites (tertiary alicyclic amines) is 1. The number of nitrogens with two attached hydrogens (primary N) is 1. The summed E-state index contributed by atoms with van der Waals surface area (Å²) < 4.78 is 1.47. The molecule has 0 radical (unpaired) electrons. The Morgan fingerprint density at radius 1 is 1.43 bits per heavy atom. The molecule has 1 aliphatic rings. The molecule has 1 aromatic carbocycles. The summed E-state index contributed by atoms with van der Waals surface area (Å²) >= 11 is 0. The Hall–Kier alpha value is -2.74. The van der Waals surface area contributed by atoms with Crippen LogP contribution in [0.1, 0.15) is 23.3 Å². The highest BCUT2D eigenvalue weighted by Gasteiger charge is 2.29. The fourth-order valence-corrected chi connectivity index (χ4v) is 2.83. The van der Waals surface area contributed by atoms with Crippen molar-refractivity contribution in [2.45, 2.75) is 18.9 Å². The van der Waals surface area contributed by atoms with Gasteiger partial charge in [-0.1, -0.05) is 6.07 Å². The number of hydrogen-bond donors (Lipinski definition) is 1. The van der Waals surface area contributed by atoms with E-state index in [1.807, 2.05) is 0 Å². The lowest BCUT2D eigenvalue weighted by atomic mass is 10.2. The average Bonchev–Trinajstić information content (AvgIpc) is 3.23. The first kappa shape index (κ1) is 15.2. The summed E-state index contributed by atoms with van der Waals surface area (Å²) in [6.07, 6.45) is 3.48. The van der Waals surface area contributed by atoms with Crippen molar-refractivity contribution in [2.24, 2.45) is 5.73 Å². The Bertz CT molecular complexity index is 742. The molecule has 1 unspecified atom stereocenters. The van der Waals surface area contributed by atoms with E-state index in [4.69, 9.17) is 5.73 Å². The fraction of sp³-hybridized carbons (Fsp3) is 0.333. The first-order chi connectivity index (χ1) is 11.1. The molecule has 8 heteroatoms. The summed E-state index contributed by atoms with van der Waals surface area (Å²) in [5.41, 5.74) is 6.53. The van der Waals surface area contributed by atoms with Crippen molar-refractivity contribution in [3.63, 3.8) is 0 Å². The molecule has 2 aromatic rings. The van der Waals surface area contributed by atoms with Crippen LogP contribution in [-0.2, 0) is 0 Å². The van der Waals surface area contributed by atoms with Crippen LogP contribution in [0.4, 0.5) is 5.69 Å². The van der Waals surface area contributed by atoms with Gasteiger partial charge < -0.3 is 10.6 Å². The third-order valence-corrected chi connectivity index (χ3v) is 4.02. The van der Waals surface area contributed by atoms with Gasteiger partial charge in [-0.05, 0) is 25.0 Å². The molecule has 1 atom stereocenters. The van der Waals surface area contributed by atoms with Crippen molar-refractivity contribution in [3.8, 4) is 5.69 Å². The normalized spacial score (nSPS) is 17.4. The molecule has 3 rings (SSSR count). The number of benzene rings is 1. The van der Waals surface area contributed by atoms with Crippen LogP contribution in [0.3, 0.4) is 0 Å². The highest BCUT2D eigenvalue weighted by Crippen LogP contribution is 2.20. The zero-order valence-electron chi connectivity index (χ0n) is 12.5. The lowest BCUT2D eigenvalue weighted by molar-refractivity contribution is -0.384. The van der Waals surface area contributed by atoms with E-state index in [-0.39, 0.29) is 17.6 Å². The van der Waals surface area contributed by atoms with E-state index >= 15 is 0 Å². The molecular weight excluding hydrogens is 298 g/mol. The number of nitro benzene ring substituents is 1. The lowest BCUT2D eigenvalue weighted by Crippen LogP contribution is -2.40. The van der Waals surface area contributed by atoms with Crippen LogP contribution in [-0.4, -0.2) is 44.6 Å². The van der Waals surface area contributed by atoms with Gasteiger partial charge in [-0.3, -0.25) is 14.9 Å².